The van der Waals surface area contributed by atoms with Crippen molar-refractivity contribution in [1.82, 2.24) is 4.90 Å². The molecule has 0 aromatic carbocycles. The van der Waals surface area contributed by atoms with Gasteiger partial charge in [-0.2, -0.15) is 0 Å². The third-order valence-corrected chi connectivity index (χ3v) is 4.42. The molecule has 1 heterocycles. The monoisotopic (exact) mass is 209 g/mol. The van der Waals surface area contributed by atoms with Gasteiger partial charge in [-0.1, -0.05) is 27.7 Å². The van der Waals surface area contributed by atoms with Gasteiger partial charge in [-0.3, -0.25) is 4.90 Å². The maximum atomic E-state index is 2.75. The molecule has 1 nitrogen and oxygen atoms in total. The maximum absolute atomic E-state index is 2.75. The quantitative estimate of drug-likeness (QED) is 0.590. The molecular weight excluding hydrogens is 182 g/mol. The first-order valence-electron chi connectivity index (χ1n) is 6.32. The number of piperidine rings is 1. The smallest absolute Gasteiger partial charge is 0.0183 e. The standard InChI is InChI=1S/C14H27N/c1-12(2,3)11-10-8-14(10,7)9-15(11)13(4,5)6/h10-11H,8-9H2,1-7H3/t10-,11?,14+/m0/s1. The molecule has 3 atom stereocenters. The van der Waals surface area contributed by atoms with Crippen molar-refractivity contribution in [2.24, 2.45) is 16.7 Å². The topological polar surface area (TPSA) is 3.24 Å². The van der Waals surface area contributed by atoms with Gasteiger partial charge in [-0.25, -0.2) is 0 Å². The molecule has 2 aliphatic rings. The molecule has 1 aliphatic carbocycles. The van der Waals surface area contributed by atoms with Crippen molar-refractivity contribution in [1.29, 1.82) is 0 Å². The number of fused-ring (bicyclic) bond motifs is 1. The van der Waals surface area contributed by atoms with E-state index in [9.17, 15) is 0 Å². The highest BCUT2D eigenvalue weighted by Crippen LogP contribution is 2.64. The lowest BCUT2D eigenvalue weighted by molar-refractivity contribution is 0.0354. The minimum atomic E-state index is 0.328. The maximum Gasteiger partial charge on any atom is 0.0183 e. The van der Waals surface area contributed by atoms with Gasteiger partial charge in [0.15, 0.2) is 0 Å². The summed E-state index contributed by atoms with van der Waals surface area (Å²) in [5.41, 5.74) is 1.39. The molecule has 0 aromatic heterocycles. The lowest BCUT2D eigenvalue weighted by Gasteiger charge is -2.45. The SMILES string of the molecule is CC(C)(C)C1[C@@H]2C[C@]2(C)CN1C(C)(C)C. The van der Waals surface area contributed by atoms with Gasteiger partial charge < -0.3 is 0 Å². The summed E-state index contributed by atoms with van der Waals surface area (Å²) in [4.78, 5) is 2.75. The summed E-state index contributed by atoms with van der Waals surface area (Å²) in [5, 5.41) is 0. The van der Waals surface area contributed by atoms with Gasteiger partial charge in [0.2, 0.25) is 0 Å². The normalized spacial score (nSPS) is 41.8. The summed E-state index contributed by atoms with van der Waals surface area (Å²) in [5.74, 6) is 0.955. The Balaban J connectivity index is 2.26. The first-order valence-corrected chi connectivity index (χ1v) is 6.32. The Morgan fingerprint density at radius 3 is 1.93 bits per heavy atom. The summed E-state index contributed by atoms with van der Waals surface area (Å²) >= 11 is 0. The zero-order chi connectivity index (χ0) is 11.6. The van der Waals surface area contributed by atoms with E-state index < -0.39 is 0 Å². The van der Waals surface area contributed by atoms with Crippen LogP contribution < -0.4 is 0 Å². The molecule has 1 heteroatoms. The van der Waals surface area contributed by atoms with Crippen LogP contribution in [-0.2, 0) is 0 Å². The molecule has 2 rings (SSSR count). The van der Waals surface area contributed by atoms with Crippen LogP contribution in [0.3, 0.4) is 0 Å². The van der Waals surface area contributed by atoms with E-state index in [1.54, 1.807) is 0 Å². The van der Waals surface area contributed by atoms with Gasteiger partial charge in [-0.05, 0) is 43.9 Å². The number of likely N-dealkylation sites (tertiary alicyclic amines) is 1. The highest BCUT2D eigenvalue weighted by Gasteiger charge is 2.65. The predicted octanol–water partition coefficient (Wildman–Crippen LogP) is 3.54. The molecule has 0 N–H and O–H groups in total. The lowest BCUT2D eigenvalue weighted by atomic mass is 9.81. The van der Waals surface area contributed by atoms with Gasteiger partial charge >= 0.3 is 0 Å². The summed E-state index contributed by atoms with van der Waals surface area (Å²) < 4.78 is 0. The van der Waals surface area contributed by atoms with E-state index in [4.69, 9.17) is 0 Å². The first kappa shape index (κ1) is 11.4. The highest BCUT2D eigenvalue weighted by molar-refractivity contribution is 5.17. The van der Waals surface area contributed by atoms with Crippen LogP contribution in [0.5, 0.6) is 0 Å². The Morgan fingerprint density at radius 2 is 1.60 bits per heavy atom. The summed E-state index contributed by atoms with van der Waals surface area (Å²) in [6.45, 7) is 18.1. The van der Waals surface area contributed by atoms with Crippen LogP contribution in [0.25, 0.3) is 0 Å². The lowest BCUT2D eigenvalue weighted by Crippen LogP contribution is -2.51. The molecule has 15 heavy (non-hydrogen) atoms. The zero-order valence-corrected chi connectivity index (χ0v) is 11.5. The zero-order valence-electron chi connectivity index (χ0n) is 11.5. The van der Waals surface area contributed by atoms with Crippen LogP contribution in [0.1, 0.15) is 54.9 Å². The Bertz CT molecular complexity index is 268. The van der Waals surface area contributed by atoms with Gasteiger partial charge in [0.1, 0.15) is 0 Å². The molecule has 1 saturated carbocycles. The average Bonchev–Trinajstić information content (AvgIpc) is 2.48. The fraction of sp³-hybridized carbons (Fsp3) is 1.00. The van der Waals surface area contributed by atoms with E-state index in [0.717, 1.165) is 12.0 Å². The van der Waals surface area contributed by atoms with Crippen LogP contribution >= 0.6 is 0 Å². The van der Waals surface area contributed by atoms with Gasteiger partial charge in [0.25, 0.3) is 0 Å². The van der Waals surface area contributed by atoms with Crippen molar-refractivity contribution in [3.8, 4) is 0 Å². The van der Waals surface area contributed by atoms with E-state index in [2.05, 4.69) is 53.4 Å². The molecule has 1 aliphatic heterocycles. The van der Waals surface area contributed by atoms with Gasteiger partial charge in [-0.15, -0.1) is 0 Å². The molecule has 0 aromatic rings. The summed E-state index contributed by atoms with van der Waals surface area (Å²) in [6, 6.07) is 0.780. The Hall–Kier alpha value is -0.0400. The van der Waals surface area contributed by atoms with E-state index in [0.29, 0.717) is 16.4 Å². The van der Waals surface area contributed by atoms with E-state index in [-0.39, 0.29) is 0 Å². The second kappa shape index (κ2) is 2.80. The third kappa shape index (κ3) is 1.73. The van der Waals surface area contributed by atoms with Crippen molar-refractivity contribution in [3.63, 3.8) is 0 Å². The van der Waals surface area contributed by atoms with E-state index >= 15 is 0 Å². The van der Waals surface area contributed by atoms with Crippen LogP contribution in [0, 0.1) is 16.7 Å². The van der Waals surface area contributed by atoms with Crippen molar-refractivity contribution < 1.29 is 0 Å². The molecule has 88 valence electrons. The Labute approximate surface area is 95.2 Å². The van der Waals surface area contributed by atoms with Gasteiger partial charge in [0, 0.05) is 18.1 Å². The van der Waals surface area contributed by atoms with E-state index in [1.807, 2.05) is 0 Å². The molecule has 0 amide bonds. The first-order chi connectivity index (χ1) is 6.56. The fourth-order valence-corrected chi connectivity index (χ4v) is 3.55. The second-order valence-electron chi connectivity index (χ2n) is 8.07. The Morgan fingerprint density at radius 1 is 1.07 bits per heavy atom. The van der Waals surface area contributed by atoms with E-state index in [1.165, 1.54) is 13.0 Å². The average molecular weight is 209 g/mol. The number of hydrogen-bond donors (Lipinski definition) is 0. The number of nitrogens with zero attached hydrogens (tertiary/aromatic N) is 1. The molecule has 0 bridgehead atoms. The highest BCUT2D eigenvalue weighted by atomic mass is 15.3. The minimum Gasteiger partial charge on any atom is -0.294 e. The van der Waals surface area contributed by atoms with Crippen LogP contribution in [0.15, 0.2) is 0 Å². The molecule has 0 radical (unpaired) electrons. The Kier molecular flexibility index (Phi) is 2.13. The molecule has 0 spiro atoms. The number of rotatable bonds is 0. The molecule has 1 unspecified atom stereocenters. The fourth-order valence-electron chi connectivity index (χ4n) is 3.55. The van der Waals surface area contributed by atoms with Crippen LogP contribution in [0.2, 0.25) is 0 Å². The predicted molar refractivity (Wildman–Crippen MR) is 65.9 cm³/mol. The molecule has 1 saturated heterocycles. The largest absolute Gasteiger partial charge is 0.294 e. The van der Waals surface area contributed by atoms with Crippen molar-refractivity contribution >= 4 is 0 Å². The van der Waals surface area contributed by atoms with Gasteiger partial charge in [0.05, 0.1) is 0 Å². The van der Waals surface area contributed by atoms with Crippen LogP contribution in [-0.4, -0.2) is 23.0 Å². The molecule has 2 fully saturated rings. The third-order valence-electron chi connectivity index (χ3n) is 4.42. The van der Waals surface area contributed by atoms with Crippen molar-refractivity contribution in [2.45, 2.75) is 66.5 Å². The van der Waals surface area contributed by atoms with Crippen LogP contribution in [0.4, 0.5) is 0 Å². The second-order valence-corrected chi connectivity index (χ2v) is 8.07. The minimum absolute atomic E-state index is 0.328. The van der Waals surface area contributed by atoms with Crippen molar-refractivity contribution in [2.75, 3.05) is 6.54 Å². The number of hydrogen-bond acceptors (Lipinski definition) is 1. The summed E-state index contributed by atoms with van der Waals surface area (Å²) in [7, 11) is 0. The van der Waals surface area contributed by atoms with Crippen molar-refractivity contribution in [3.05, 3.63) is 0 Å². The molecular formula is C14H27N. The summed E-state index contributed by atoms with van der Waals surface area (Å²) in [6.07, 6.45) is 1.46.